The van der Waals surface area contributed by atoms with Crippen molar-refractivity contribution in [1.29, 1.82) is 0 Å². The molecule has 1 heterocycles. The summed E-state index contributed by atoms with van der Waals surface area (Å²) >= 11 is 0. The highest BCUT2D eigenvalue weighted by Crippen LogP contribution is 2.21. The van der Waals surface area contributed by atoms with E-state index in [-0.39, 0.29) is 11.3 Å². The molecule has 3 rings (SSSR count). The lowest BCUT2D eigenvalue weighted by Gasteiger charge is -2.09. The van der Waals surface area contributed by atoms with Crippen LogP contribution in [0.25, 0.3) is 11.4 Å². The van der Waals surface area contributed by atoms with E-state index in [4.69, 9.17) is 9.47 Å². The van der Waals surface area contributed by atoms with Crippen LogP contribution < -0.4 is 9.47 Å². The maximum Gasteiger partial charge on any atom is 0.346 e. The third-order valence-electron chi connectivity index (χ3n) is 6.05. The molecule has 0 aliphatic carbocycles. The van der Waals surface area contributed by atoms with Crippen LogP contribution in [-0.4, -0.2) is 22.5 Å². The Labute approximate surface area is 214 Å². The predicted octanol–water partition coefficient (Wildman–Crippen LogP) is 7.97. The molecule has 0 N–H and O–H groups in total. The lowest BCUT2D eigenvalue weighted by Crippen LogP contribution is -2.11. The molecule has 0 aliphatic rings. The maximum absolute atomic E-state index is 14.5. The van der Waals surface area contributed by atoms with Crippen molar-refractivity contribution in [3.63, 3.8) is 0 Å². The summed E-state index contributed by atoms with van der Waals surface area (Å²) in [7, 11) is 0. The minimum absolute atomic E-state index is 0.155. The van der Waals surface area contributed by atoms with E-state index in [1.807, 2.05) is 12.1 Å². The van der Waals surface area contributed by atoms with E-state index >= 15 is 0 Å². The number of hydrogen-bond donors (Lipinski definition) is 0. The van der Waals surface area contributed by atoms with E-state index in [9.17, 15) is 9.18 Å². The Balaban J connectivity index is 1.49. The Morgan fingerprint density at radius 1 is 0.806 bits per heavy atom. The highest BCUT2D eigenvalue weighted by Gasteiger charge is 2.16. The number of halogens is 1. The van der Waals surface area contributed by atoms with Crippen LogP contribution in [0.2, 0.25) is 0 Å². The minimum atomic E-state index is -0.803. The molecule has 0 fully saturated rings. The first kappa shape index (κ1) is 27.3. The topological polar surface area (TPSA) is 61.3 Å². The van der Waals surface area contributed by atoms with Crippen molar-refractivity contribution in [3.05, 3.63) is 71.8 Å². The highest BCUT2D eigenvalue weighted by molar-refractivity contribution is 5.91. The summed E-state index contributed by atoms with van der Waals surface area (Å²) in [4.78, 5) is 21.1. The summed E-state index contributed by atoms with van der Waals surface area (Å²) in [6, 6.07) is 12.4. The Morgan fingerprint density at radius 3 is 2.17 bits per heavy atom. The molecule has 0 atom stereocenters. The predicted molar refractivity (Wildman–Crippen MR) is 141 cm³/mol. The number of benzene rings is 2. The molecule has 6 heteroatoms. The number of hydrogen-bond acceptors (Lipinski definition) is 5. The van der Waals surface area contributed by atoms with Crippen molar-refractivity contribution in [1.82, 2.24) is 9.97 Å². The SMILES string of the molecule is CCCCCCCCOc1ccc(C(=O)Oc2cnc(-c3ccc(CCCCC)cc3)nc2)c(F)c1. The fraction of sp³-hybridized carbons (Fsp3) is 0.433. The number of aromatic nitrogens is 2. The van der Waals surface area contributed by atoms with Crippen molar-refractivity contribution in [2.45, 2.75) is 78.1 Å². The van der Waals surface area contributed by atoms with Crippen LogP contribution in [0.4, 0.5) is 4.39 Å². The molecule has 0 amide bonds. The summed E-state index contributed by atoms with van der Waals surface area (Å²) in [5.74, 6) is -0.392. The maximum atomic E-state index is 14.5. The Hall–Kier alpha value is -3.28. The normalized spacial score (nSPS) is 10.9. The van der Waals surface area contributed by atoms with Crippen molar-refractivity contribution < 1.29 is 18.7 Å². The Morgan fingerprint density at radius 2 is 1.47 bits per heavy atom. The van der Waals surface area contributed by atoms with Gasteiger partial charge in [-0.1, -0.05) is 83.1 Å². The fourth-order valence-electron chi connectivity index (χ4n) is 3.90. The smallest absolute Gasteiger partial charge is 0.346 e. The standard InChI is InChI=1S/C30H37FN2O3/c1-3-5-7-8-9-11-19-35-25-17-18-27(28(31)20-25)30(34)36-26-21-32-29(33-22-26)24-15-13-23(14-16-24)12-10-6-4-2/h13-18,20-22H,3-12,19H2,1-2H3. The molecular formula is C30H37FN2O3. The van der Waals surface area contributed by atoms with E-state index in [1.54, 1.807) is 6.07 Å². The quantitative estimate of drug-likeness (QED) is 0.159. The zero-order valence-electron chi connectivity index (χ0n) is 21.5. The van der Waals surface area contributed by atoms with Gasteiger partial charge in [-0.3, -0.25) is 0 Å². The molecule has 0 saturated heterocycles. The van der Waals surface area contributed by atoms with Crippen molar-refractivity contribution in [2.24, 2.45) is 0 Å². The molecule has 3 aromatic rings. The average molecular weight is 493 g/mol. The van der Waals surface area contributed by atoms with Gasteiger partial charge in [0.05, 0.1) is 24.6 Å². The van der Waals surface area contributed by atoms with E-state index in [0.29, 0.717) is 18.2 Å². The van der Waals surface area contributed by atoms with Crippen LogP contribution in [-0.2, 0) is 6.42 Å². The molecule has 36 heavy (non-hydrogen) atoms. The van der Waals surface area contributed by atoms with Crippen LogP contribution in [0.3, 0.4) is 0 Å². The largest absolute Gasteiger partial charge is 0.493 e. The van der Waals surface area contributed by atoms with Crippen LogP contribution >= 0.6 is 0 Å². The van der Waals surface area contributed by atoms with Gasteiger partial charge in [-0.25, -0.2) is 19.2 Å². The third kappa shape index (κ3) is 8.74. The average Bonchev–Trinajstić information content (AvgIpc) is 2.89. The third-order valence-corrected chi connectivity index (χ3v) is 6.05. The Kier molecular flexibility index (Phi) is 11.4. The van der Waals surface area contributed by atoms with Crippen molar-refractivity contribution in [2.75, 3.05) is 6.61 Å². The summed E-state index contributed by atoms with van der Waals surface area (Å²) in [5.41, 5.74) is 2.01. The molecule has 5 nitrogen and oxygen atoms in total. The number of ether oxygens (including phenoxy) is 2. The van der Waals surface area contributed by atoms with E-state index < -0.39 is 11.8 Å². The molecule has 192 valence electrons. The van der Waals surface area contributed by atoms with Gasteiger partial charge in [0.1, 0.15) is 11.6 Å². The first-order valence-corrected chi connectivity index (χ1v) is 13.2. The van der Waals surface area contributed by atoms with E-state index in [2.05, 4.69) is 35.9 Å². The summed E-state index contributed by atoms with van der Waals surface area (Å²) in [6.45, 7) is 4.91. The monoisotopic (exact) mass is 492 g/mol. The molecule has 0 spiro atoms. The van der Waals surface area contributed by atoms with Gasteiger partial charge in [0, 0.05) is 11.6 Å². The van der Waals surface area contributed by atoms with Gasteiger partial charge in [-0.2, -0.15) is 0 Å². The van der Waals surface area contributed by atoms with Crippen LogP contribution in [0.1, 0.15) is 87.6 Å². The van der Waals surface area contributed by atoms with Crippen molar-refractivity contribution in [3.8, 4) is 22.9 Å². The van der Waals surface area contributed by atoms with Gasteiger partial charge in [-0.05, 0) is 37.0 Å². The van der Waals surface area contributed by atoms with E-state index in [1.165, 1.54) is 75.0 Å². The molecular weight excluding hydrogens is 455 g/mol. The van der Waals surface area contributed by atoms with Crippen LogP contribution in [0, 0.1) is 5.82 Å². The Bertz CT molecular complexity index is 1070. The van der Waals surface area contributed by atoms with Gasteiger partial charge in [0.25, 0.3) is 0 Å². The summed E-state index contributed by atoms with van der Waals surface area (Å²) < 4.78 is 25.4. The number of carbonyl (C=O) groups excluding carboxylic acids is 1. The van der Waals surface area contributed by atoms with Crippen molar-refractivity contribution >= 4 is 5.97 Å². The summed E-state index contributed by atoms with van der Waals surface area (Å²) in [6.07, 6.45) is 14.4. The highest BCUT2D eigenvalue weighted by atomic mass is 19.1. The van der Waals surface area contributed by atoms with Gasteiger partial charge in [-0.15, -0.1) is 0 Å². The molecule has 0 saturated carbocycles. The first-order valence-electron chi connectivity index (χ1n) is 13.2. The molecule has 0 bridgehead atoms. The number of aryl methyl sites for hydroxylation is 1. The molecule has 0 aliphatic heterocycles. The van der Waals surface area contributed by atoms with Crippen LogP contribution in [0.15, 0.2) is 54.9 Å². The number of unbranched alkanes of at least 4 members (excludes halogenated alkanes) is 7. The van der Waals surface area contributed by atoms with Gasteiger partial charge in [0.15, 0.2) is 11.6 Å². The van der Waals surface area contributed by atoms with Gasteiger partial charge < -0.3 is 9.47 Å². The summed E-state index contributed by atoms with van der Waals surface area (Å²) in [5, 5.41) is 0. The zero-order chi connectivity index (χ0) is 25.6. The number of rotatable bonds is 15. The number of esters is 1. The van der Waals surface area contributed by atoms with Crippen LogP contribution in [0.5, 0.6) is 11.5 Å². The second-order valence-electron chi connectivity index (χ2n) is 9.04. The molecule has 2 aromatic carbocycles. The molecule has 0 unspecified atom stereocenters. The fourth-order valence-corrected chi connectivity index (χ4v) is 3.90. The number of nitrogens with zero attached hydrogens (tertiary/aromatic N) is 2. The lowest BCUT2D eigenvalue weighted by atomic mass is 10.1. The van der Waals surface area contributed by atoms with Gasteiger partial charge in [0.2, 0.25) is 0 Å². The zero-order valence-corrected chi connectivity index (χ0v) is 21.5. The molecule has 0 radical (unpaired) electrons. The van der Waals surface area contributed by atoms with E-state index in [0.717, 1.165) is 24.8 Å². The second-order valence-corrected chi connectivity index (χ2v) is 9.04. The molecule has 1 aromatic heterocycles. The second kappa shape index (κ2) is 15.0. The lowest BCUT2D eigenvalue weighted by molar-refractivity contribution is 0.0728. The van der Waals surface area contributed by atoms with Gasteiger partial charge >= 0.3 is 5.97 Å². The number of carbonyl (C=O) groups is 1. The minimum Gasteiger partial charge on any atom is -0.493 e. The first-order chi connectivity index (χ1) is 17.6.